The third-order valence-corrected chi connectivity index (χ3v) is 4.30. The molecule has 2 rings (SSSR count). The van der Waals surface area contributed by atoms with Crippen molar-refractivity contribution in [2.75, 3.05) is 5.32 Å². The first kappa shape index (κ1) is 13.3. The molecule has 1 nitrogen and oxygen atoms in total. The molecule has 1 aromatic rings. The van der Waals surface area contributed by atoms with Gasteiger partial charge in [-0.15, -0.1) is 0 Å². The van der Waals surface area contributed by atoms with Crippen molar-refractivity contribution in [3.05, 3.63) is 27.2 Å². The average molecular weight is 293 g/mol. The maximum atomic E-state index is 6.15. The van der Waals surface area contributed by atoms with Gasteiger partial charge in [-0.2, -0.15) is 0 Å². The smallest absolute Gasteiger partial charge is 0.0722 e. The van der Waals surface area contributed by atoms with Crippen LogP contribution in [0.25, 0.3) is 0 Å². The molecule has 1 aromatic carbocycles. The van der Waals surface area contributed by atoms with E-state index in [0.29, 0.717) is 21.1 Å². The SMILES string of the molecule is CC(Nc1c(Cl)cc(Cl)cc1Cl)C1CCCC1. The normalized spacial score (nSPS) is 18.4. The van der Waals surface area contributed by atoms with E-state index < -0.39 is 0 Å². The van der Waals surface area contributed by atoms with Gasteiger partial charge < -0.3 is 5.32 Å². The highest BCUT2D eigenvalue weighted by molar-refractivity contribution is 6.41. The lowest BCUT2D eigenvalue weighted by atomic mass is 9.99. The van der Waals surface area contributed by atoms with E-state index >= 15 is 0 Å². The van der Waals surface area contributed by atoms with Crippen molar-refractivity contribution in [1.82, 2.24) is 0 Å². The molecule has 1 fully saturated rings. The molecular weight excluding hydrogens is 277 g/mol. The van der Waals surface area contributed by atoms with Crippen LogP contribution in [-0.2, 0) is 0 Å². The molecule has 17 heavy (non-hydrogen) atoms. The van der Waals surface area contributed by atoms with Crippen molar-refractivity contribution in [1.29, 1.82) is 0 Å². The summed E-state index contributed by atoms with van der Waals surface area (Å²) in [5, 5.41) is 5.17. The van der Waals surface area contributed by atoms with Crippen LogP contribution in [-0.4, -0.2) is 6.04 Å². The van der Waals surface area contributed by atoms with Gasteiger partial charge in [0, 0.05) is 11.1 Å². The second kappa shape index (κ2) is 5.69. The summed E-state index contributed by atoms with van der Waals surface area (Å²) >= 11 is 18.2. The van der Waals surface area contributed by atoms with Crippen LogP contribution in [0.1, 0.15) is 32.6 Å². The van der Waals surface area contributed by atoms with Crippen LogP contribution >= 0.6 is 34.8 Å². The number of anilines is 1. The Morgan fingerprint density at radius 1 is 1.12 bits per heavy atom. The van der Waals surface area contributed by atoms with E-state index in [1.807, 2.05) is 0 Å². The fraction of sp³-hybridized carbons (Fsp3) is 0.538. The molecule has 1 saturated carbocycles. The van der Waals surface area contributed by atoms with Crippen LogP contribution in [0.2, 0.25) is 15.1 Å². The zero-order valence-electron chi connectivity index (χ0n) is 9.77. The van der Waals surface area contributed by atoms with Gasteiger partial charge in [0.25, 0.3) is 0 Å². The van der Waals surface area contributed by atoms with E-state index in [4.69, 9.17) is 34.8 Å². The molecule has 1 unspecified atom stereocenters. The van der Waals surface area contributed by atoms with Crippen molar-refractivity contribution in [2.45, 2.75) is 38.6 Å². The summed E-state index contributed by atoms with van der Waals surface area (Å²) in [6.07, 6.45) is 5.24. The predicted molar refractivity (Wildman–Crippen MR) is 76.5 cm³/mol. The Morgan fingerprint density at radius 2 is 1.65 bits per heavy atom. The summed E-state index contributed by atoms with van der Waals surface area (Å²) in [4.78, 5) is 0. The molecule has 1 N–H and O–H groups in total. The number of nitrogens with one attached hydrogen (secondary N) is 1. The summed E-state index contributed by atoms with van der Waals surface area (Å²) in [5.41, 5.74) is 0.803. The monoisotopic (exact) mass is 291 g/mol. The van der Waals surface area contributed by atoms with Gasteiger partial charge in [0.1, 0.15) is 0 Å². The highest BCUT2D eigenvalue weighted by Gasteiger charge is 2.22. The predicted octanol–water partition coefficient (Wildman–Crippen LogP) is 5.64. The van der Waals surface area contributed by atoms with Gasteiger partial charge >= 0.3 is 0 Å². The van der Waals surface area contributed by atoms with Crippen LogP contribution in [0.5, 0.6) is 0 Å². The molecule has 0 radical (unpaired) electrons. The first-order chi connectivity index (χ1) is 8.08. The number of rotatable bonds is 3. The Hall–Kier alpha value is -0.110. The van der Waals surface area contributed by atoms with Crippen LogP contribution in [0, 0.1) is 5.92 Å². The van der Waals surface area contributed by atoms with Crippen molar-refractivity contribution >= 4 is 40.5 Å². The van der Waals surface area contributed by atoms with E-state index in [-0.39, 0.29) is 0 Å². The zero-order valence-corrected chi connectivity index (χ0v) is 12.0. The van der Waals surface area contributed by atoms with Gasteiger partial charge in [-0.3, -0.25) is 0 Å². The van der Waals surface area contributed by atoms with Crippen molar-refractivity contribution in [3.63, 3.8) is 0 Å². The van der Waals surface area contributed by atoms with Gasteiger partial charge in [0.15, 0.2) is 0 Å². The molecule has 0 spiro atoms. The molecule has 1 aliphatic rings. The standard InChI is InChI=1S/C13H16Cl3N/c1-8(9-4-2-3-5-9)17-13-11(15)6-10(14)7-12(13)16/h6-9,17H,2-5H2,1H3. The lowest BCUT2D eigenvalue weighted by Crippen LogP contribution is -2.24. The second-order valence-electron chi connectivity index (χ2n) is 4.72. The molecule has 1 atom stereocenters. The van der Waals surface area contributed by atoms with Gasteiger partial charge in [-0.25, -0.2) is 0 Å². The zero-order chi connectivity index (χ0) is 12.4. The average Bonchev–Trinajstić information content (AvgIpc) is 2.76. The van der Waals surface area contributed by atoms with Crippen LogP contribution in [0.4, 0.5) is 5.69 Å². The Balaban J connectivity index is 2.12. The van der Waals surface area contributed by atoms with E-state index in [2.05, 4.69) is 12.2 Å². The molecule has 0 aromatic heterocycles. The van der Waals surface area contributed by atoms with Gasteiger partial charge in [0.05, 0.1) is 15.7 Å². The van der Waals surface area contributed by atoms with Crippen molar-refractivity contribution < 1.29 is 0 Å². The van der Waals surface area contributed by atoms with E-state index in [0.717, 1.165) is 11.6 Å². The molecular formula is C13H16Cl3N. The van der Waals surface area contributed by atoms with Gasteiger partial charge in [0.2, 0.25) is 0 Å². The number of halogens is 3. The highest BCUT2D eigenvalue weighted by atomic mass is 35.5. The Labute approximate surface area is 117 Å². The second-order valence-corrected chi connectivity index (χ2v) is 5.97. The van der Waals surface area contributed by atoms with Crippen molar-refractivity contribution in [2.24, 2.45) is 5.92 Å². The molecule has 4 heteroatoms. The third kappa shape index (κ3) is 3.21. The lowest BCUT2D eigenvalue weighted by Gasteiger charge is -2.23. The van der Waals surface area contributed by atoms with E-state index in [1.165, 1.54) is 25.7 Å². The minimum atomic E-state index is 0.397. The molecule has 94 valence electrons. The summed E-state index contributed by atoms with van der Waals surface area (Å²) < 4.78 is 0. The number of hydrogen-bond acceptors (Lipinski definition) is 1. The van der Waals surface area contributed by atoms with Crippen LogP contribution in [0.3, 0.4) is 0 Å². The maximum Gasteiger partial charge on any atom is 0.0722 e. The van der Waals surface area contributed by atoms with Crippen LogP contribution < -0.4 is 5.32 Å². The summed E-state index contributed by atoms with van der Waals surface area (Å²) in [6, 6.07) is 3.84. The molecule has 0 aliphatic heterocycles. The largest absolute Gasteiger partial charge is 0.380 e. The summed E-state index contributed by atoms with van der Waals surface area (Å²) in [6.45, 7) is 2.19. The summed E-state index contributed by atoms with van der Waals surface area (Å²) in [5.74, 6) is 0.720. The number of hydrogen-bond donors (Lipinski definition) is 1. The fourth-order valence-electron chi connectivity index (χ4n) is 2.48. The molecule has 0 heterocycles. The Morgan fingerprint density at radius 3 is 2.18 bits per heavy atom. The molecule has 1 aliphatic carbocycles. The Bertz CT molecular complexity index is 377. The fourth-order valence-corrected chi connectivity index (χ4v) is 3.41. The van der Waals surface area contributed by atoms with Gasteiger partial charge in [-0.05, 0) is 37.8 Å². The minimum absolute atomic E-state index is 0.397. The highest BCUT2D eigenvalue weighted by Crippen LogP contribution is 2.36. The third-order valence-electron chi connectivity index (χ3n) is 3.49. The maximum absolute atomic E-state index is 6.15. The van der Waals surface area contributed by atoms with E-state index in [9.17, 15) is 0 Å². The number of benzene rings is 1. The topological polar surface area (TPSA) is 12.0 Å². The first-order valence-electron chi connectivity index (χ1n) is 5.99. The molecule has 0 bridgehead atoms. The Kier molecular flexibility index (Phi) is 4.46. The van der Waals surface area contributed by atoms with Crippen LogP contribution in [0.15, 0.2) is 12.1 Å². The lowest BCUT2D eigenvalue weighted by molar-refractivity contribution is 0.482. The van der Waals surface area contributed by atoms with Crippen molar-refractivity contribution in [3.8, 4) is 0 Å². The summed E-state index contributed by atoms with van der Waals surface area (Å²) in [7, 11) is 0. The quantitative estimate of drug-likeness (QED) is 0.760. The van der Waals surface area contributed by atoms with E-state index in [1.54, 1.807) is 12.1 Å². The molecule has 0 amide bonds. The minimum Gasteiger partial charge on any atom is -0.380 e. The molecule has 0 saturated heterocycles. The van der Waals surface area contributed by atoms with Gasteiger partial charge in [-0.1, -0.05) is 47.6 Å². The first-order valence-corrected chi connectivity index (χ1v) is 7.12.